The molecule has 0 spiro atoms. The van der Waals surface area contributed by atoms with E-state index in [4.69, 9.17) is 0 Å². The van der Waals surface area contributed by atoms with Gasteiger partial charge in [0.15, 0.2) is 0 Å². The van der Waals surface area contributed by atoms with E-state index in [1.165, 1.54) is 11.3 Å². The van der Waals surface area contributed by atoms with Crippen LogP contribution in [-0.2, 0) is 22.6 Å². The summed E-state index contributed by atoms with van der Waals surface area (Å²) in [6, 6.07) is 0. The molecule has 1 aliphatic carbocycles. The zero-order valence-corrected chi connectivity index (χ0v) is 16.0. The molecule has 2 N–H and O–H groups in total. The van der Waals surface area contributed by atoms with E-state index in [0.717, 1.165) is 22.9 Å². The first-order valence-corrected chi connectivity index (χ1v) is 9.45. The number of nitrogens with one attached hydrogen (secondary N) is 2. The fourth-order valence-corrected chi connectivity index (χ4v) is 4.24. The van der Waals surface area contributed by atoms with Gasteiger partial charge in [0.1, 0.15) is 10.0 Å². The molecule has 2 rings (SSSR count). The zero-order valence-electron chi connectivity index (χ0n) is 15.2. The van der Waals surface area contributed by atoms with Gasteiger partial charge in [-0.25, -0.2) is 0 Å². The second-order valence-electron chi connectivity index (χ2n) is 7.17. The van der Waals surface area contributed by atoms with Crippen LogP contribution in [-0.4, -0.2) is 28.6 Å². The zero-order chi connectivity index (χ0) is 18.0. The van der Waals surface area contributed by atoms with Crippen molar-refractivity contribution in [2.24, 2.45) is 16.7 Å². The van der Waals surface area contributed by atoms with Gasteiger partial charge in [-0.2, -0.15) is 0 Å². The van der Waals surface area contributed by atoms with Crippen molar-refractivity contribution in [3.63, 3.8) is 0 Å². The van der Waals surface area contributed by atoms with Crippen LogP contribution in [0.1, 0.15) is 57.5 Å². The third kappa shape index (κ3) is 3.31. The number of rotatable bonds is 6. The van der Waals surface area contributed by atoms with Crippen LogP contribution in [0.5, 0.6) is 0 Å². The summed E-state index contributed by atoms with van der Waals surface area (Å²) in [7, 11) is 0. The molecule has 6 nitrogen and oxygen atoms in total. The first-order valence-electron chi connectivity index (χ1n) is 8.63. The lowest BCUT2D eigenvalue weighted by molar-refractivity contribution is -0.139. The van der Waals surface area contributed by atoms with Gasteiger partial charge in [-0.15, -0.1) is 10.2 Å². The van der Waals surface area contributed by atoms with Crippen molar-refractivity contribution in [1.82, 2.24) is 20.8 Å². The Morgan fingerprint density at radius 2 is 1.83 bits per heavy atom. The van der Waals surface area contributed by atoms with Crippen LogP contribution in [0.4, 0.5) is 0 Å². The molecule has 134 valence electrons. The van der Waals surface area contributed by atoms with Crippen molar-refractivity contribution in [3.8, 4) is 0 Å². The third-order valence-corrected chi connectivity index (χ3v) is 6.67. The smallest absolute Gasteiger partial charge is 0.226 e. The Balaban J connectivity index is 2.06. The number of amides is 2. The van der Waals surface area contributed by atoms with Crippen LogP contribution in [0.2, 0.25) is 0 Å². The van der Waals surface area contributed by atoms with E-state index in [-0.39, 0.29) is 17.7 Å². The Hall–Kier alpha value is -1.50. The summed E-state index contributed by atoms with van der Waals surface area (Å²) in [6.07, 6.45) is 2.30. The molecule has 2 amide bonds. The van der Waals surface area contributed by atoms with Gasteiger partial charge in [0.2, 0.25) is 11.8 Å². The summed E-state index contributed by atoms with van der Waals surface area (Å²) in [5, 5.41) is 15.9. The van der Waals surface area contributed by atoms with Crippen molar-refractivity contribution in [2.75, 3.05) is 6.54 Å². The molecule has 1 aliphatic rings. The van der Waals surface area contributed by atoms with Crippen molar-refractivity contribution in [3.05, 3.63) is 10.0 Å². The number of nitrogens with zero attached hydrogens (tertiary/aromatic N) is 2. The third-order valence-electron chi connectivity index (χ3n) is 5.61. The number of aromatic nitrogens is 2. The fourth-order valence-electron chi connectivity index (χ4n) is 3.52. The molecule has 0 bridgehead atoms. The Labute approximate surface area is 147 Å². The quantitative estimate of drug-likeness (QED) is 0.823. The van der Waals surface area contributed by atoms with Gasteiger partial charge in [-0.1, -0.05) is 39.0 Å². The highest BCUT2D eigenvalue weighted by atomic mass is 32.1. The predicted octanol–water partition coefficient (Wildman–Crippen LogP) is 2.30. The minimum Gasteiger partial charge on any atom is -0.356 e. The fraction of sp³-hybridized carbons (Fsp3) is 0.765. The van der Waals surface area contributed by atoms with Crippen LogP contribution in [0.25, 0.3) is 0 Å². The molecule has 1 aromatic heterocycles. The van der Waals surface area contributed by atoms with Crippen molar-refractivity contribution in [1.29, 1.82) is 0 Å². The van der Waals surface area contributed by atoms with Crippen molar-refractivity contribution < 1.29 is 9.59 Å². The number of aryl methyl sites for hydroxylation is 1. The van der Waals surface area contributed by atoms with Gasteiger partial charge < -0.3 is 10.6 Å². The van der Waals surface area contributed by atoms with Crippen LogP contribution in [0.3, 0.4) is 0 Å². The molecular formula is C17H28N4O2S. The lowest BCUT2D eigenvalue weighted by atomic mass is 9.65. The molecule has 0 radical (unpaired) electrons. The topological polar surface area (TPSA) is 84.0 Å². The number of hydrogen-bond donors (Lipinski definition) is 2. The second kappa shape index (κ2) is 7.17. The first-order chi connectivity index (χ1) is 11.3. The highest BCUT2D eigenvalue weighted by Gasteiger charge is 2.57. The highest BCUT2D eigenvalue weighted by Crippen LogP contribution is 2.56. The molecular weight excluding hydrogens is 324 g/mol. The second-order valence-corrected chi connectivity index (χ2v) is 8.31. The van der Waals surface area contributed by atoms with E-state index >= 15 is 0 Å². The lowest BCUT2D eigenvalue weighted by Crippen LogP contribution is -2.49. The van der Waals surface area contributed by atoms with Gasteiger partial charge in [0, 0.05) is 12.5 Å². The maximum atomic E-state index is 12.9. The van der Waals surface area contributed by atoms with E-state index in [1.54, 1.807) is 0 Å². The molecule has 0 saturated heterocycles. The van der Waals surface area contributed by atoms with Crippen LogP contribution >= 0.6 is 11.3 Å². The average Bonchev–Trinajstić information content (AvgIpc) is 3.09. The molecule has 1 fully saturated rings. The number of carbonyl (C=O) groups excluding carboxylic acids is 2. The molecule has 1 aromatic rings. The van der Waals surface area contributed by atoms with Gasteiger partial charge in [-0.3, -0.25) is 9.59 Å². The summed E-state index contributed by atoms with van der Waals surface area (Å²) in [4.78, 5) is 25.2. The molecule has 7 heteroatoms. The van der Waals surface area contributed by atoms with E-state index in [0.29, 0.717) is 19.5 Å². The van der Waals surface area contributed by atoms with E-state index < -0.39 is 10.8 Å². The molecule has 1 saturated carbocycles. The molecule has 0 unspecified atom stereocenters. The summed E-state index contributed by atoms with van der Waals surface area (Å²) < 4.78 is 0. The van der Waals surface area contributed by atoms with Crippen molar-refractivity contribution >= 4 is 23.2 Å². The van der Waals surface area contributed by atoms with E-state index in [1.807, 2.05) is 34.6 Å². The molecule has 2 atom stereocenters. The van der Waals surface area contributed by atoms with Gasteiger partial charge in [0.25, 0.3) is 0 Å². The summed E-state index contributed by atoms with van der Waals surface area (Å²) in [6.45, 7) is 11.0. The Kier molecular flexibility index (Phi) is 5.63. The minimum atomic E-state index is -0.568. The number of hydrogen-bond acceptors (Lipinski definition) is 5. The van der Waals surface area contributed by atoms with Gasteiger partial charge >= 0.3 is 0 Å². The van der Waals surface area contributed by atoms with Crippen LogP contribution < -0.4 is 10.6 Å². The van der Waals surface area contributed by atoms with Gasteiger partial charge in [-0.05, 0) is 31.6 Å². The van der Waals surface area contributed by atoms with Crippen LogP contribution in [0, 0.1) is 16.7 Å². The lowest BCUT2D eigenvalue weighted by Gasteiger charge is -2.39. The maximum absolute atomic E-state index is 12.9. The number of carbonyl (C=O) groups is 2. The largest absolute Gasteiger partial charge is 0.356 e. The van der Waals surface area contributed by atoms with Gasteiger partial charge in [0.05, 0.1) is 12.0 Å². The summed E-state index contributed by atoms with van der Waals surface area (Å²) in [5.74, 6) is -0.0929. The average molecular weight is 353 g/mol. The highest BCUT2D eigenvalue weighted by molar-refractivity contribution is 7.11. The first kappa shape index (κ1) is 18.8. The monoisotopic (exact) mass is 352 g/mol. The molecule has 24 heavy (non-hydrogen) atoms. The molecule has 0 aliphatic heterocycles. The Morgan fingerprint density at radius 3 is 2.42 bits per heavy atom. The Bertz CT molecular complexity index is 613. The van der Waals surface area contributed by atoms with Crippen LogP contribution in [0.15, 0.2) is 0 Å². The van der Waals surface area contributed by atoms with E-state index in [2.05, 4.69) is 20.8 Å². The molecule has 1 heterocycles. The standard InChI is InChI=1S/C17H28N4O2S/c1-6-12-20-21-13(24-12)10-19-15(23)17(5)9-8-11(16(17,3)4)14(22)18-7-2/h11H,6-10H2,1-5H3,(H,18,22)(H,19,23)/t11-,17+/m1/s1. The minimum absolute atomic E-state index is 0.00690. The summed E-state index contributed by atoms with van der Waals surface area (Å²) in [5.41, 5.74) is -0.965. The normalized spacial score (nSPS) is 25.5. The maximum Gasteiger partial charge on any atom is 0.226 e. The van der Waals surface area contributed by atoms with E-state index in [9.17, 15) is 9.59 Å². The predicted molar refractivity (Wildman–Crippen MR) is 94.4 cm³/mol. The Morgan fingerprint density at radius 1 is 1.17 bits per heavy atom. The summed E-state index contributed by atoms with van der Waals surface area (Å²) >= 11 is 1.53. The molecule has 0 aromatic carbocycles. The SMILES string of the molecule is CCNC(=O)[C@H]1CC[C@@](C)(C(=O)NCc2nnc(CC)s2)C1(C)C. The van der Waals surface area contributed by atoms with Crippen molar-refractivity contribution in [2.45, 2.75) is 60.4 Å².